The molecule has 120 valence electrons. The molecular weight excluding hydrogens is 288 g/mol. The Morgan fingerprint density at radius 2 is 2.00 bits per heavy atom. The molecule has 0 spiro atoms. The zero-order chi connectivity index (χ0) is 15.6. The molecule has 0 aliphatic heterocycles. The van der Waals surface area contributed by atoms with Crippen LogP contribution in [0.2, 0.25) is 0 Å². The highest BCUT2D eigenvalue weighted by atomic mass is 32.2. The number of ether oxygens (including phenoxy) is 1. The Labute approximate surface area is 128 Å². The molecule has 0 amide bonds. The van der Waals surface area contributed by atoms with Crippen LogP contribution in [0.1, 0.15) is 32.3 Å². The molecule has 1 aromatic carbocycles. The Morgan fingerprint density at radius 3 is 2.71 bits per heavy atom. The fourth-order valence-corrected chi connectivity index (χ4v) is 2.85. The molecular formula is C15H26N2O3S. The van der Waals surface area contributed by atoms with Crippen molar-refractivity contribution in [1.29, 1.82) is 0 Å². The molecule has 0 atom stereocenters. The normalized spacial score (nSPS) is 11.7. The number of benzene rings is 1. The van der Waals surface area contributed by atoms with Crippen LogP contribution in [0.25, 0.3) is 0 Å². The highest BCUT2D eigenvalue weighted by Gasteiger charge is 2.13. The lowest BCUT2D eigenvalue weighted by atomic mass is 10.2. The summed E-state index contributed by atoms with van der Waals surface area (Å²) < 4.78 is 32.2. The van der Waals surface area contributed by atoms with E-state index in [1.54, 1.807) is 18.2 Å². The van der Waals surface area contributed by atoms with Gasteiger partial charge in [-0.1, -0.05) is 32.4 Å². The van der Waals surface area contributed by atoms with Gasteiger partial charge in [0.05, 0.1) is 11.5 Å². The quantitative estimate of drug-likeness (QED) is 0.612. The van der Waals surface area contributed by atoms with Crippen LogP contribution in [0.4, 0.5) is 0 Å². The number of nitrogens with one attached hydrogen (secondary N) is 2. The van der Waals surface area contributed by atoms with E-state index in [4.69, 9.17) is 4.74 Å². The summed E-state index contributed by atoms with van der Waals surface area (Å²) in [5.41, 5.74) is 0.957. The van der Waals surface area contributed by atoms with Gasteiger partial charge in [-0.25, -0.2) is 13.1 Å². The Hall–Kier alpha value is -0.950. The van der Waals surface area contributed by atoms with E-state index in [2.05, 4.69) is 17.0 Å². The summed E-state index contributed by atoms with van der Waals surface area (Å²) in [6, 6.07) is 6.98. The molecule has 21 heavy (non-hydrogen) atoms. The average molecular weight is 314 g/mol. The zero-order valence-electron chi connectivity index (χ0n) is 12.9. The Kier molecular flexibility index (Phi) is 8.52. The van der Waals surface area contributed by atoms with Crippen molar-refractivity contribution < 1.29 is 13.2 Å². The monoisotopic (exact) mass is 314 g/mol. The van der Waals surface area contributed by atoms with Crippen molar-refractivity contribution >= 4 is 10.0 Å². The van der Waals surface area contributed by atoms with E-state index in [0.29, 0.717) is 31.2 Å². The van der Waals surface area contributed by atoms with Crippen LogP contribution in [-0.4, -0.2) is 34.7 Å². The van der Waals surface area contributed by atoms with E-state index < -0.39 is 10.0 Å². The van der Waals surface area contributed by atoms with E-state index >= 15 is 0 Å². The Balaban J connectivity index is 2.49. The molecule has 0 saturated heterocycles. The van der Waals surface area contributed by atoms with Crippen LogP contribution in [-0.2, 0) is 21.3 Å². The van der Waals surface area contributed by atoms with Gasteiger partial charge in [-0.05, 0) is 30.7 Å². The van der Waals surface area contributed by atoms with Crippen molar-refractivity contribution in [2.75, 3.05) is 26.3 Å². The van der Waals surface area contributed by atoms with Gasteiger partial charge in [-0.2, -0.15) is 0 Å². The van der Waals surface area contributed by atoms with E-state index in [1.165, 1.54) is 0 Å². The summed E-state index contributed by atoms with van der Waals surface area (Å²) in [5.74, 6) is 0. The molecule has 0 heterocycles. The number of sulfonamides is 1. The SMILES string of the molecule is CCCCOCCNS(=O)(=O)c1cccc(CNCC)c1. The summed E-state index contributed by atoms with van der Waals surface area (Å²) in [4.78, 5) is 0.298. The second kappa shape index (κ2) is 9.89. The van der Waals surface area contributed by atoms with Gasteiger partial charge in [0.2, 0.25) is 10.0 Å². The number of hydrogen-bond donors (Lipinski definition) is 2. The van der Waals surface area contributed by atoms with Crippen molar-refractivity contribution in [2.24, 2.45) is 0 Å². The van der Waals surface area contributed by atoms with Gasteiger partial charge in [0.25, 0.3) is 0 Å². The highest BCUT2D eigenvalue weighted by molar-refractivity contribution is 7.89. The van der Waals surface area contributed by atoms with Crippen molar-refractivity contribution in [3.05, 3.63) is 29.8 Å². The third-order valence-electron chi connectivity index (χ3n) is 2.97. The molecule has 0 bridgehead atoms. The predicted octanol–water partition coefficient (Wildman–Crippen LogP) is 1.89. The predicted molar refractivity (Wildman–Crippen MR) is 84.7 cm³/mol. The topological polar surface area (TPSA) is 67.4 Å². The minimum atomic E-state index is -3.46. The highest BCUT2D eigenvalue weighted by Crippen LogP contribution is 2.11. The average Bonchev–Trinajstić information content (AvgIpc) is 2.49. The summed E-state index contributed by atoms with van der Waals surface area (Å²) in [6.45, 7) is 6.99. The van der Waals surface area contributed by atoms with E-state index in [9.17, 15) is 8.42 Å². The van der Waals surface area contributed by atoms with Crippen molar-refractivity contribution in [1.82, 2.24) is 10.0 Å². The molecule has 0 aliphatic carbocycles. The van der Waals surface area contributed by atoms with Gasteiger partial charge in [-0.3, -0.25) is 0 Å². The van der Waals surface area contributed by atoms with Gasteiger partial charge in [0.1, 0.15) is 0 Å². The summed E-state index contributed by atoms with van der Waals surface area (Å²) in [5, 5.41) is 3.18. The van der Waals surface area contributed by atoms with Crippen molar-refractivity contribution in [3.8, 4) is 0 Å². The molecule has 0 saturated carbocycles. The lowest BCUT2D eigenvalue weighted by Crippen LogP contribution is -2.27. The minimum absolute atomic E-state index is 0.295. The Morgan fingerprint density at radius 1 is 1.19 bits per heavy atom. The van der Waals surface area contributed by atoms with Crippen molar-refractivity contribution in [2.45, 2.75) is 38.1 Å². The van der Waals surface area contributed by atoms with Crippen LogP contribution in [0, 0.1) is 0 Å². The summed E-state index contributed by atoms with van der Waals surface area (Å²) in [6.07, 6.45) is 2.07. The van der Waals surface area contributed by atoms with Crippen molar-refractivity contribution in [3.63, 3.8) is 0 Å². The number of hydrogen-bond acceptors (Lipinski definition) is 4. The molecule has 2 N–H and O–H groups in total. The molecule has 0 aromatic heterocycles. The second-order valence-corrected chi connectivity index (χ2v) is 6.56. The molecule has 0 aliphatic rings. The second-order valence-electron chi connectivity index (χ2n) is 4.79. The fourth-order valence-electron chi connectivity index (χ4n) is 1.77. The molecule has 6 heteroatoms. The minimum Gasteiger partial charge on any atom is -0.380 e. The molecule has 5 nitrogen and oxygen atoms in total. The van der Waals surface area contributed by atoms with Gasteiger partial charge in [-0.15, -0.1) is 0 Å². The zero-order valence-corrected chi connectivity index (χ0v) is 13.7. The molecule has 0 unspecified atom stereocenters. The molecule has 0 radical (unpaired) electrons. The fraction of sp³-hybridized carbons (Fsp3) is 0.600. The number of rotatable bonds is 11. The van der Waals surface area contributed by atoms with Crippen LogP contribution in [0.3, 0.4) is 0 Å². The van der Waals surface area contributed by atoms with Crippen LogP contribution in [0.5, 0.6) is 0 Å². The van der Waals surface area contributed by atoms with Crippen LogP contribution in [0.15, 0.2) is 29.2 Å². The lowest BCUT2D eigenvalue weighted by molar-refractivity contribution is 0.136. The lowest BCUT2D eigenvalue weighted by Gasteiger charge is -2.09. The molecule has 0 fully saturated rings. The molecule has 1 rings (SSSR count). The maximum Gasteiger partial charge on any atom is 0.240 e. The first kappa shape index (κ1) is 18.1. The summed E-state index contributed by atoms with van der Waals surface area (Å²) in [7, 11) is -3.46. The molecule has 1 aromatic rings. The van der Waals surface area contributed by atoms with Gasteiger partial charge >= 0.3 is 0 Å². The standard InChI is InChI=1S/C15H26N2O3S/c1-3-5-10-20-11-9-17-21(18,19)15-8-6-7-14(12-15)13-16-4-2/h6-8,12,16-17H,3-5,9-11,13H2,1-2H3. The first-order valence-electron chi connectivity index (χ1n) is 7.47. The van der Waals surface area contributed by atoms with Gasteiger partial charge in [0.15, 0.2) is 0 Å². The first-order chi connectivity index (χ1) is 10.1. The van der Waals surface area contributed by atoms with Gasteiger partial charge in [0, 0.05) is 19.7 Å². The van der Waals surface area contributed by atoms with E-state index in [-0.39, 0.29) is 0 Å². The first-order valence-corrected chi connectivity index (χ1v) is 8.95. The van der Waals surface area contributed by atoms with Crippen LogP contribution >= 0.6 is 0 Å². The largest absolute Gasteiger partial charge is 0.380 e. The van der Waals surface area contributed by atoms with Crippen LogP contribution < -0.4 is 10.0 Å². The third-order valence-corrected chi connectivity index (χ3v) is 4.43. The maximum absolute atomic E-state index is 12.2. The van der Waals surface area contributed by atoms with E-state index in [0.717, 1.165) is 24.9 Å². The summed E-state index contributed by atoms with van der Waals surface area (Å²) >= 11 is 0. The van der Waals surface area contributed by atoms with Gasteiger partial charge < -0.3 is 10.1 Å². The number of unbranched alkanes of at least 4 members (excludes halogenated alkanes) is 1. The third kappa shape index (κ3) is 7.04. The maximum atomic E-state index is 12.2. The Bertz CT molecular complexity index is 503. The van der Waals surface area contributed by atoms with E-state index in [1.807, 2.05) is 13.0 Å². The smallest absolute Gasteiger partial charge is 0.240 e.